The maximum absolute atomic E-state index is 13.0. The molecule has 1 saturated heterocycles. The third-order valence-corrected chi connectivity index (χ3v) is 5.67. The van der Waals surface area contributed by atoms with Crippen LogP contribution >= 0.6 is 0 Å². The molecule has 1 aliphatic carbocycles. The van der Waals surface area contributed by atoms with Crippen LogP contribution in [-0.2, 0) is 23.7 Å². The average molecular weight is 439 g/mol. The minimum absolute atomic E-state index is 0.0278. The van der Waals surface area contributed by atoms with Gasteiger partial charge < -0.3 is 21.1 Å². The highest BCUT2D eigenvalue weighted by Crippen LogP contribution is 2.46. The molecular formula is C18H19F6N3O3. The van der Waals surface area contributed by atoms with Crippen molar-refractivity contribution in [1.29, 1.82) is 0 Å². The summed E-state index contributed by atoms with van der Waals surface area (Å²) >= 11 is 0. The Hall–Kier alpha value is -2.50. The Morgan fingerprint density at radius 3 is 2.23 bits per heavy atom. The third kappa shape index (κ3) is 4.47. The van der Waals surface area contributed by atoms with Crippen LogP contribution in [0.5, 0.6) is 0 Å². The van der Waals surface area contributed by atoms with E-state index in [-0.39, 0.29) is 30.5 Å². The first-order chi connectivity index (χ1) is 13.8. The molecule has 0 radical (unpaired) electrons. The van der Waals surface area contributed by atoms with E-state index in [2.05, 4.69) is 16.0 Å². The second kappa shape index (κ2) is 7.64. The molecule has 3 rings (SSSR count). The molecule has 1 aromatic carbocycles. The fourth-order valence-corrected chi connectivity index (χ4v) is 4.35. The summed E-state index contributed by atoms with van der Waals surface area (Å²) < 4.78 is 77.9. The number of fused-ring (bicyclic) bond motifs is 1. The van der Waals surface area contributed by atoms with Crippen LogP contribution < -0.4 is 16.0 Å². The molecule has 0 unspecified atom stereocenters. The zero-order valence-electron chi connectivity index (χ0n) is 15.5. The van der Waals surface area contributed by atoms with Crippen molar-refractivity contribution in [2.24, 2.45) is 11.3 Å². The Morgan fingerprint density at radius 2 is 1.70 bits per heavy atom. The van der Waals surface area contributed by atoms with Crippen molar-refractivity contribution in [3.63, 3.8) is 0 Å². The van der Waals surface area contributed by atoms with Crippen molar-refractivity contribution >= 4 is 12.0 Å². The summed E-state index contributed by atoms with van der Waals surface area (Å²) in [6.07, 6.45) is -10.6. The fourth-order valence-electron chi connectivity index (χ4n) is 4.35. The number of halogens is 6. The average Bonchev–Trinajstić information content (AvgIpc) is 3.15. The number of benzene rings is 1. The quantitative estimate of drug-likeness (QED) is 0.543. The number of rotatable bonds is 4. The van der Waals surface area contributed by atoms with Gasteiger partial charge in [0.05, 0.1) is 16.5 Å². The lowest BCUT2D eigenvalue weighted by molar-refractivity contribution is -0.143. The van der Waals surface area contributed by atoms with Gasteiger partial charge in [-0.05, 0) is 49.1 Å². The first-order valence-corrected chi connectivity index (χ1v) is 9.08. The van der Waals surface area contributed by atoms with Crippen LogP contribution in [0.3, 0.4) is 0 Å². The van der Waals surface area contributed by atoms with Crippen molar-refractivity contribution in [3.05, 3.63) is 34.9 Å². The van der Waals surface area contributed by atoms with Gasteiger partial charge in [0, 0.05) is 19.1 Å². The first-order valence-electron chi connectivity index (χ1n) is 9.08. The van der Waals surface area contributed by atoms with E-state index in [0.29, 0.717) is 25.1 Å². The van der Waals surface area contributed by atoms with Gasteiger partial charge in [0.1, 0.15) is 0 Å². The Balaban J connectivity index is 1.78. The molecule has 0 aromatic heterocycles. The predicted octanol–water partition coefficient (Wildman–Crippen LogP) is 2.98. The van der Waals surface area contributed by atoms with E-state index in [1.807, 2.05) is 0 Å². The van der Waals surface area contributed by atoms with Crippen molar-refractivity contribution in [1.82, 2.24) is 16.0 Å². The molecule has 2 aliphatic rings. The summed E-state index contributed by atoms with van der Waals surface area (Å²) in [6, 6.07) is 0.716. The summed E-state index contributed by atoms with van der Waals surface area (Å²) in [5.41, 5.74) is -4.21. The molecule has 2 amide bonds. The highest BCUT2D eigenvalue weighted by Gasteiger charge is 2.55. The Morgan fingerprint density at radius 1 is 1.10 bits per heavy atom. The summed E-state index contributed by atoms with van der Waals surface area (Å²) in [7, 11) is 0. The van der Waals surface area contributed by atoms with Gasteiger partial charge in [0.15, 0.2) is 0 Å². The lowest BCUT2D eigenvalue weighted by Crippen LogP contribution is -2.45. The Labute approximate surface area is 167 Å². The summed E-state index contributed by atoms with van der Waals surface area (Å²) in [5.74, 6) is -0.722. The summed E-state index contributed by atoms with van der Waals surface area (Å²) in [4.78, 5) is 23.7. The highest BCUT2D eigenvalue weighted by molar-refractivity contribution is 5.84. The minimum atomic E-state index is -4.97. The minimum Gasteiger partial charge on any atom is -0.465 e. The number of carbonyl (C=O) groups excluding carboxylic acids is 1. The third-order valence-electron chi connectivity index (χ3n) is 5.67. The molecule has 0 spiro atoms. The van der Waals surface area contributed by atoms with Crippen molar-refractivity contribution < 1.29 is 41.0 Å². The normalized spacial score (nSPS) is 26.3. The maximum Gasteiger partial charge on any atom is 0.416 e. The standard InChI is InChI=1S/C18H19F6N3O3/c19-17(20,21)10-1-9(2-11(3-10)18(22,23)24)6-26-14(28)16-5-13(27-15(29)30)4-12(16)7-25-8-16/h1-3,12-13,25,27H,4-8H2,(H,26,28)(H,29,30)/t12-,13+,16-/m0/s1. The van der Waals surface area contributed by atoms with E-state index in [1.54, 1.807) is 0 Å². The second-order valence-electron chi connectivity index (χ2n) is 7.67. The van der Waals surface area contributed by atoms with Gasteiger partial charge in [-0.15, -0.1) is 0 Å². The second-order valence-corrected chi connectivity index (χ2v) is 7.67. The summed E-state index contributed by atoms with van der Waals surface area (Å²) in [5, 5.41) is 16.7. The number of carbonyl (C=O) groups is 2. The van der Waals surface area contributed by atoms with Crippen LogP contribution in [0.25, 0.3) is 0 Å². The molecule has 2 fully saturated rings. The zero-order valence-corrected chi connectivity index (χ0v) is 15.5. The van der Waals surface area contributed by atoms with Gasteiger partial charge in [0.2, 0.25) is 5.91 Å². The van der Waals surface area contributed by atoms with Crippen LogP contribution in [-0.4, -0.2) is 36.2 Å². The van der Waals surface area contributed by atoms with Crippen LogP contribution in [0.2, 0.25) is 0 Å². The zero-order chi connectivity index (χ0) is 22.3. The molecule has 166 valence electrons. The van der Waals surface area contributed by atoms with E-state index < -0.39 is 53.5 Å². The number of alkyl halides is 6. The number of hydrogen-bond acceptors (Lipinski definition) is 3. The molecule has 30 heavy (non-hydrogen) atoms. The lowest BCUT2D eigenvalue weighted by Gasteiger charge is -2.27. The van der Waals surface area contributed by atoms with E-state index in [4.69, 9.17) is 5.11 Å². The van der Waals surface area contributed by atoms with Crippen LogP contribution in [0.15, 0.2) is 18.2 Å². The number of nitrogens with one attached hydrogen (secondary N) is 3. The molecule has 1 aliphatic heterocycles. The molecular weight excluding hydrogens is 420 g/mol. The Kier molecular flexibility index (Phi) is 5.65. The first kappa shape index (κ1) is 22.2. The molecule has 3 atom stereocenters. The topological polar surface area (TPSA) is 90.5 Å². The van der Waals surface area contributed by atoms with Crippen molar-refractivity contribution in [3.8, 4) is 0 Å². The number of carboxylic acid groups (broad SMARTS) is 1. The molecule has 0 bridgehead atoms. The molecule has 1 aromatic rings. The lowest BCUT2D eigenvalue weighted by atomic mass is 9.79. The monoisotopic (exact) mass is 439 g/mol. The van der Waals surface area contributed by atoms with E-state index in [9.17, 15) is 35.9 Å². The van der Waals surface area contributed by atoms with E-state index in [0.717, 1.165) is 0 Å². The Bertz CT molecular complexity index is 809. The molecule has 1 saturated carbocycles. The molecule has 6 nitrogen and oxygen atoms in total. The smallest absolute Gasteiger partial charge is 0.416 e. The molecule has 12 heteroatoms. The van der Waals surface area contributed by atoms with Crippen LogP contribution in [0, 0.1) is 11.3 Å². The van der Waals surface area contributed by atoms with E-state index >= 15 is 0 Å². The van der Waals surface area contributed by atoms with Gasteiger partial charge in [-0.2, -0.15) is 26.3 Å². The van der Waals surface area contributed by atoms with Crippen molar-refractivity contribution in [2.45, 2.75) is 37.8 Å². The number of hydrogen-bond donors (Lipinski definition) is 4. The SMILES string of the molecule is O=C(O)N[C@@H]1C[C@H]2CNC[C@@]2(C(=O)NCc2cc(C(F)(F)F)cc(C(F)(F)F)c2)C1. The summed E-state index contributed by atoms with van der Waals surface area (Å²) in [6.45, 7) is 0.196. The number of amides is 2. The highest BCUT2D eigenvalue weighted by atomic mass is 19.4. The van der Waals surface area contributed by atoms with Gasteiger partial charge in [-0.3, -0.25) is 4.79 Å². The van der Waals surface area contributed by atoms with Gasteiger partial charge in [-0.1, -0.05) is 0 Å². The molecule has 4 N–H and O–H groups in total. The van der Waals surface area contributed by atoms with Gasteiger partial charge in [-0.25, -0.2) is 4.79 Å². The van der Waals surface area contributed by atoms with Crippen LogP contribution in [0.1, 0.15) is 29.5 Å². The van der Waals surface area contributed by atoms with Gasteiger partial charge in [0.25, 0.3) is 0 Å². The van der Waals surface area contributed by atoms with Crippen molar-refractivity contribution in [2.75, 3.05) is 13.1 Å². The molecule has 1 heterocycles. The van der Waals surface area contributed by atoms with E-state index in [1.165, 1.54) is 0 Å². The van der Waals surface area contributed by atoms with Crippen LogP contribution in [0.4, 0.5) is 31.1 Å². The predicted molar refractivity (Wildman–Crippen MR) is 91.3 cm³/mol. The maximum atomic E-state index is 13.0. The van der Waals surface area contributed by atoms with Gasteiger partial charge >= 0.3 is 18.4 Å². The largest absolute Gasteiger partial charge is 0.465 e. The fraction of sp³-hybridized carbons (Fsp3) is 0.556.